The van der Waals surface area contributed by atoms with Crippen molar-refractivity contribution >= 4 is 5.91 Å². The summed E-state index contributed by atoms with van der Waals surface area (Å²) in [5.74, 6) is -9.58. The third-order valence-electron chi connectivity index (χ3n) is 3.14. The first-order chi connectivity index (χ1) is 11.5. The molecule has 0 radical (unpaired) electrons. The Hall–Kier alpha value is -2.05. The van der Waals surface area contributed by atoms with Gasteiger partial charge in [0, 0.05) is 0 Å². The Bertz CT molecular complexity index is 611. The van der Waals surface area contributed by atoms with Gasteiger partial charge in [0.05, 0.1) is 6.04 Å². The van der Waals surface area contributed by atoms with E-state index in [1.54, 1.807) is 0 Å². The molecule has 0 aromatic heterocycles. The quantitative estimate of drug-likeness (QED) is 0.599. The molecule has 148 valence electrons. The highest BCUT2D eigenvalue weighted by molar-refractivity contribution is 5.86. The largest absolute Gasteiger partial charge is 0.470 e. The van der Waals surface area contributed by atoms with Crippen molar-refractivity contribution in [2.75, 3.05) is 0 Å². The maximum Gasteiger partial charge on any atom is 0.470 e. The molecule has 1 aromatic carbocycles. The Morgan fingerprint density at radius 2 is 1.31 bits per heavy atom. The molecule has 0 heterocycles. The molecule has 0 saturated carbocycles. The Morgan fingerprint density at radius 3 is 1.65 bits per heavy atom. The minimum absolute atomic E-state index is 0.0240. The topological polar surface area (TPSA) is 32.3 Å². The summed E-state index contributed by atoms with van der Waals surface area (Å²) in [6, 6.07) is 5.03. The number of carbonyl (C=O) groups excluding carboxylic acids is 1. The number of halogens is 10. The number of nitrogens with one attached hydrogen (secondary N) is 1. The normalized spacial score (nSPS) is 16.9. The highest BCUT2D eigenvalue weighted by Gasteiger charge is 2.78. The summed E-state index contributed by atoms with van der Waals surface area (Å²) in [7, 11) is 0. The molecule has 1 aromatic rings. The molecule has 13 heteroatoms. The molecule has 0 spiro atoms. The van der Waals surface area contributed by atoms with E-state index in [-0.39, 0.29) is 5.56 Å². The minimum atomic E-state index is -6.88. The van der Waals surface area contributed by atoms with Gasteiger partial charge < -0.3 is 5.32 Å². The summed E-state index contributed by atoms with van der Waals surface area (Å²) >= 11 is 0. The van der Waals surface area contributed by atoms with E-state index in [1.165, 1.54) is 35.6 Å². The van der Waals surface area contributed by atoms with Gasteiger partial charge in [-0.2, -0.15) is 39.5 Å². The van der Waals surface area contributed by atoms with Crippen molar-refractivity contribution in [3.63, 3.8) is 0 Å². The summed E-state index contributed by atoms with van der Waals surface area (Å²) in [5, 5.41) is 1.19. The standard InChI is InChI=1S/C13H10F10N2O/c1-7(8-5-3-2-4-6-8)24-9(26)10(14,11(15,16)17)25(12(18,19)20)13(21,22)23/h2-7H,1H3,(H,24,26)/t7-,10-/m1/s1. The lowest BCUT2D eigenvalue weighted by Crippen LogP contribution is -2.71. The number of nitrogens with zero attached hydrogens (tertiary/aromatic N) is 1. The Kier molecular flexibility index (Phi) is 5.86. The van der Waals surface area contributed by atoms with Crippen molar-refractivity contribution in [1.82, 2.24) is 10.2 Å². The molecule has 2 atom stereocenters. The molecule has 1 amide bonds. The van der Waals surface area contributed by atoms with E-state index in [0.29, 0.717) is 0 Å². The summed E-state index contributed by atoms with van der Waals surface area (Å²) < 4.78 is 128. The van der Waals surface area contributed by atoms with Crippen LogP contribution in [0.15, 0.2) is 30.3 Å². The van der Waals surface area contributed by atoms with E-state index < -0.39 is 41.4 Å². The van der Waals surface area contributed by atoms with Crippen LogP contribution in [0.1, 0.15) is 18.5 Å². The van der Waals surface area contributed by atoms with Crippen molar-refractivity contribution in [2.45, 2.75) is 37.5 Å². The molecular weight excluding hydrogens is 390 g/mol. The van der Waals surface area contributed by atoms with Crippen LogP contribution < -0.4 is 5.32 Å². The van der Waals surface area contributed by atoms with E-state index in [0.717, 1.165) is 6.92 Å². The zero-order valence-electron chi connectivity index (χ0n) is 12.6. The Morgan fingerprint density at radius 1 is 0.885 bits per heavy atom. The van der Waals surface area contributed by atoms with Gasteiger partial charge in [-0.3, -0.25) is 4.79 Å². The lowest BCUT2D eigenvalue weighted by atomic mass is 10.1. The number of hydrogen-bond donors (Lipinski definition) is 1. The minimum Gasteiger partial charge on any atom is -0.345 e. The molecule has 0 aliphatic rings. The third-order valence-corrected chi connectivity index (χ3v) is 3.14. The summed E-state index contributed by atoms with van der Waals surface area (Å²) in [5.41, 5.74) is 0.0240. The van der Waals surface area contributed by atoms with E-state index in [4.69, 9.17) is 0 Å². The monoisotopic (exact) mass is 400 g/mol. The molecule has 0 unspecified atom stereocenters. The van der Waals surface area contributed by atoms with E-state index in [2.05, 4.69) is 0 Å². The molecule has 0 aliphatic heterocycles. The smallest absolute Gasteiger partial charge is 0.345 e. The maximum absolute atomic E-state index is 14.2. The third kappa shape index (κ3) is 4.37. The van der Waals surface area contributed by atoms with Gasteiger partial charge in [0.25, 0.3) is 5.91 Å². The number of alkyl halides is 10. The average molecular weight is 400 g/mol. The molecule has 0 saturated heterocycles. The van der Waals surface area contributed by atoms with Crippen molar-refractivity contribution in [2.24, 2.45) is 0 Å². The molecule has 26 heavy (non-hydrogen) atoms. The van der Waals surface area contributed by atoms with E-state index >= 15 is 0 Å². The first-order valence-corrected chi connectivity index (χ1v) is 6.58. The fourth-order valence-electron chi connectivity index (χ4n) is 1.97. The van der Waals surface area contributed by atoms with Gasteiger partial charge in [-0.15, -0.1) is 0 Å². The second-order valence-electron chi connectivity index (χ2n) is 5.00. The molecule has 0 bridgehead atoms. The number of benzene rings is 1. The van der Waals surface area contributed by atoms with Crippen LogP contribution in [0, 0.1) is 0 Å². The van der Waals surface area contributed by atoms with E-state index in [9.17, 15) is 48.7 Å². The SMILES string of the molecule is C[C@@H](NC(=O)[C@@](F)(N(C(F)(F)F)C(F)(F)F)C(F)(F)F)c1ccccc1. The van der Waals surface area contributed by atoms with Gasteiger partial charge in [0.15, 0.2) is 0 Å². The molecule has 0 aliphatic carbocycles. The predicted octanol–water partition coefficient (Wildman–Crippen LogP) is 4.43. The van der Waals surface area contributed by atoms with Gasteiger partial charge in [-0.1, -0.05) is 35.2 Å². The van der Waals surface area contributed by atoms with Gasteiger partial charge in [0.2, 0.25) is 0 Å². The molecule has 0 fully saturated rings. The second-order valence-corrected chi connectivity index (χ2v) is 5.00. The average Bonchev–Trinajstić information content (AvgIpc) is 2.43. The van der Waals surface area contributed by atoms with Crippen molar-refractivity contribution in [3.8, 4) is 0 Å². The number of hydrogen-bond acceptors (Lipinski definition) is 2. The van der Waals surface area contributed by atoms with Crippen LogP contribution in [0.5, 0.6) is 0 Å². The fourth-order valence-corrected chi connectivity index (χ4v) is 1.97. The first-order valence-electron chi connectivity index (χ1n) is 6.58. The van der Waals surface area contributed by atoms with E-state index in [1.807, 2.05) is 0 Å². The molecule has 1 N–H and O–H groups in total. The van der Waals surface area contributed by atoms with Crippen molar-refractivity contribution < 1.29 is 48.7 Å². The lowest BCUT2D eigenvalue weighted by molar-refractivity contribution is -0.444. The summed E-state index contributed by atoms with van der Waals surface area (Å²) in [4.78, 5) is 8.17. The van der Waals surface area contributed by atoms with Crippen LogP contribution in [-0.4, -0.2) is 35.4 Å². The maximum atomic E-state index is 14.2. The second kappa shape index (κ2) is 6.93. The van der Waals surface area contributed by atoms with Crippen molar-refractivity contribution in [3.05, 3.63) is 35.9 Å². The number of rotatable bonds is 4. The van der Waals surface area contributed by atoms with Crippen LogP contribution in [0.4, 0.5) is 43.9 Å². The van der Waals surface area contributed by atoms with Crippen LogP contribution >= 0.6 is 0 Å². The first kappa shape index (κ1) is 22.0. The van der Waals surface area contributed by atoms with Crippen LogP contribution in [0.2, 0.25) is 0 Å². The summed E-state index contributed by atoms with van der Waals surface area (Å²) in [6.07, 6.45) is -20.6. The van der Waals surface area contributed by atoms with Crippen molar-refractivity contribution in [1.29, 1.82) is 0 Å². The van der Waals surface area contributed by atoms with Crippen LogP contribution in [-0.2, 0) is 4.79 Å². The Labute approximate surface area is 139 Å². The van der Waals surface area contributed by atoms with Gasteiger partial charge >= 0.3 is 24.6 Å². The highest BCUT2D eigenvalue weighted by atomic mass is 19.4. The Balaban J connectivity index is 3.37. The highest BCUT2D eigenvalue weighted by Crippen LogP contribution is 2.48. The molecular formula is C13H10F10N2O. The van der Waals surface area contributed by atoms with Crippen LogP contribution in [0.25, 0.3) is 0 Å². The van der Waals surface area contributed by atoms with Gasteiger partial charge in [-0.25, -0.2) is 4.39 Å². The zero-order chi connectivity index (χ0) is 20.6. The summed E-state index contributed by atoms with van der Waals surface area (Å²) in [6.45, 7) is 0.954. The molecule has 3 nitrogen and oxygen atoms in total. The van der Waals surface area contributed by atoms with Gasteiger partial charge in [-0.05, 0) is 12.5 Å². The lowest BCUT2D eigenvalue weighted by Gasteiger charge is -2.38. The van der Waals surface area contributed by atoms with Gasteiger partial charge in [0.1, 0.15) is 0 Å². The number of carbonyl (C=O) groups is 1. The predicted molar refractivity (Wildman–Crippen MR) is 66.8 cm³/mol. The fraction of sp³-hybridized carbons (Fsp3) is 0.462. The van der Waals surface area contributed by atoms with Crippen LogP contribution in [0.3, 0.4) is 0 Å². The zero-order valence-corrected chi connectivity index (χ0v) is 12.6. The number of amides is 1. The molecule has 1 rings (SSSR count).